The molecule has 1 N–H and O–H groups in total. The fourth-order valence-electron chi connectivity index (χ4n) is 2.85. The van der Waals surface area contributed by atoms with Gasteiger partial charge in [-0.2, -0.15) is 0 Å². The van der Waals surface area contributed by atoms with Crippen LogP contribution in [0.25, 0.3) is 11.8 Å². The number of rotatable bonds is 3. The van der Waals surface area contributed by atoms with E-state index in [1.807, 2.05) is 55.5 Å². The summed E-state index contributed by atoms with van der Waals surface area (Å²) in [6.07, 6.45) is 1.67. The number of aryl methyl sites for hydroxylation is 1. The number of hydrogen-bond donors (Lipinski definition) is 1. The van der Waals surface area contributed by atoms with Crippen LogP contribution in [0.5, 0.6) is 11.6 Å². The molecule has 0 bridgehead atoms. The van der Waals surface area contributed by atoms with Gasteiger partial charge in [0.15, 0.2) is 5.82 Å². The first-order chi connectivity index (χ1) is 12.2. The number of imidazole rings is 1. The van der Waals surface area contributed by atoms with Crippen molar-refractivity contribution in [1.29, 1.82) is 0 Å². The van der Waals surface area contributed by atoms with Gasteiger partial charge in [-0.25, -0.2) is 15.0 Å². The summed E-state index contributed by atoms with van der Waals surface area (Å²) in [4.78, 5) is 13.3. The summed E-state index contributed by atoms with van der Waals surface area (Å²) in [6, 6.07) is 15.1. The zero-order chi connectivity index (χ0) is 17.4. The van der Waals surface area contributed by atoms with Crippen LogP contribution in [0.1, 0.15) is 11.5 Å². The van der Waals surface area contributed by atoms with Crippen molar-refractivity contribution in [3.05, 3.63) is 76.6 Å². The molecule has 0 aliphatic carbocycles. The molecule has 1 aliphatic heterocycles. The van der Waals surface area contributed by atoms with Crippen LogP contribution in [0, 0.1) is 6.92 Å². The molecule has 0 spiro atoms. The van der Waals surface area contributed by atoms with Gasteiger partial charge in [0.2, 0.25) is 5.88 Å². The van der Waals surface area contributed by atoms with Crippen LogP contribution in [-0.2, 0) is 0 Å². The first-order valence-electron chi connectivity index (χ1n) is 7.83. The molecule has 0 atom stereocenters. The van der Waals surface area contributed by atoms with Crippen molar-refractivity contribution < 1.29 is 9.84 Å². The number of aromatic nitrogens is 2. The largest absolute Gasteiger partial charge is 0.495 e. The maximum absolute atomic E-state index is 10.7. The number of para-hydroxylation sites is 4. The second-order valence-electron chi connectivity index (χ2n) is 5.59. The van der Waals surface area contributed by atoms with Gasteiger partial charge >= 0.3 is 0 Å². The fraction of sp³-hybridized carbons (Fsp3) is 0.105. The van der Waals surface area contributed by atoms with E-state index in [2.05, 4.69) is 15.0 Å². The van der Waals surface area contributed by atoms with Crippen LogP contribution in [-0.4, -0.2) is 21.8 Å². The van der Waals surface area contributed by atoms with E-state index >= 15 is 0 Å². The molecule has 2 aromatic carbocycles. The van der Waals surface area contributed by atoms with Crippen molar-refractivity contribution in [2.75, 3.05) is 7.11 Å². The van der Waals surface area contributed by atoms with E-state index in [0.717, 1.165) is 16.4 Å². The number of fused-ring (bicyclic) bond motifs is 1. The minimum Gasteiger partial charge on any atom is -0.495 e. The van der Waals surface area contributed by atoms with Crippen molar-refractivity contribution in [3.63, 3.8) is 0 Å². The Labute approximate surface area is 144 Å². The van der Waals surface area contributed by atoms with Crippen molar-refractivity contribution >= 4 is 6.08 Å². The second-order valence-corrected chi connectivity index (χ2v) is 5.59. The predicted molar refractivity (Wildman–Crippen MR) is 93.2 cm³/mol. The number of nitrogens with zero attached hydrogens (tertiary/aromatic N) is 4. The van der Waals surface area contributed by atoms with Gasteiger partial charge in [0.05, 0.1) is 23.5 Å². The SMILES string of the molecule is COc1ccccc1-n1c(C)nc(C=C2N=c3ccccc3=N2)c1O. The van der Waals surface area contributed by atoms with Gasteiger partial charge in [0.25, 0.3) is 0 Å². The Morgan fingerprint density at radius 1 is 1.00 bits per heavy atom. The van der Waals surface area contributed by atoms with Crippen molar-refractivity contribution in [1.82, 2.24) is 9.55 Å². The highest BCUT2D eigenvalue weighted by atomic mass is 16.5. The molecule has 0 radical (unpaired) electrons. The predicted octanol–water partition coefficient (Wildman–Crippen LogP) is 2.15. The third-order valence-corrected chi connectivity index (χ3v) is 3.99. The Balaban J connectivity index is 1.82. The Bertz CT molecular complexity index is 1080. The molecule has 1 aliphatic rings. The monoisotopic (exact) mass is 332 g/mol. The smallest absolute Gasteiger partial charge is 0.224 e. The lowest BCUT2D eigenvalue weighted by atomic mass is 10.3. The van der Waals surface area contributed by atoms with Crippen LogP contribution in [0.15, 0.2) is 64.3 Å². The van der Waals surface area contributed by atoms with Crippen LogP contribution < -0.4 is 15.5 Å². The molecule has 0 unspecified atom stereocenters. The van der Waals surface area contributed by atoms with Gasteiger partial charge in [-0.15, -0.1) is 0 Å². The van der Waals surface area contributed by atoms with E-state index < -0.39 is 0 Å². The molecule has 6 heteroatoms. The summed E-state index contributed by atoms with van der Waals surface area (Å²) in [5, 5.41) is 12.3. The third-order valence-electron chi connectivity index (χ3n) is 3.99. The van der Waals surface area contributed by atoms with Crippen LogP contribution in [0.2, 0.25) is 0 Å². The number of ether oxygens (including phenoxy) is 1. The summed E-state index contributed by atoms with van der Waals surface area (Å²) < 4.78 is 7.03. The number of aromatic hydroxyl groups is 1. The molecule has 2 heterocycles. The Morgan fingerprint density at radius 3 is 2.32 bits per heavy atom. The zero-order valence-corrected chi connectivity index (χ0v) is 13.8. The summed E-state index contributed by atoms with van der Waals surface area (Å²) >= 11 is 0. The van der Waals surface area contributed by atoms with Crippen LogP contribution in [0.3, 0.4) is 0 Å². The molecule has 0 saturated heterocycles. The highest BCUT2D eigenvalue weighted by Gasteiger charge is 2.17. The molecule has 0 amide bonds. The summed E-state index contributed by atoms with van der Waals surface area (Å²) in [5.41, 5.74) is 1.14. The van der Waals surface area contributed by atoms with Crippen molar-refractivity contribution in [3.8, 4) is 17.3 Å². The van der Waals surface area contributed by atoms with Gasteiger partial charge in [0.1, 0.15) is 17.3 Å². The first-order valence-corrected chi connectivity index (χ1v) is 7.83. The summed E-state index contributed by atoms with van der Waals surface area (Å²) in [7, 11) is 1.60. The minimum atomic E-state index is 0.0239. The second kappa shape index (κ2) is 5.90. The highest BCUT2D eigenvalue weighted by Crippen LogP contribution is 2.31. The molecular weight excluding hydrogens is 316 g/mol. The maximum atomic E-state index is 10.7. The highest BCUT2D eigenvalue weighted by molar-refractivity contribution is 5.59. The standard InChI is InChI=1S/C19H16N4O2/c1-12-20-15(11-18-21-13-7-3-4-8-14(13)22-18)19(24)23(12)16-9-5-6-10-17(16)25-2/h3-11,24H,1-2H3. The van der Waals surface area contributed by atoms with E-state index in [4.69, 9.17) is 4.74 Å². The number of hydrogen-bond acceptors (Lipinski definition) is 5. The third kappa shape index (κ3) is 2.57. The molecule has 25 heavy (non-hydrogen) atoms. The average molecular weight is 332 g/mol. The Hall–Kier alpha value is -3.41. The van der Waals surface area contributed by atoms with Gasteiger partial charge in [-0.1, -0.05) is 24.3 Å². The number of methoxy groups -OCH3 is 1. The fourth-order valence-corrected chi connectivity index (χ4v) is 2.85. The van der Waals surface area contributed by atoms with Crippen molar-refractivity contribution in [2.45, 2.75) is 6.92 Å². The number of benzene rings is 2. The topological polar surface area (TPSA) is 72.0 Å². The molecule has 4 rings (SSSR count). The molecule has 6 nitrogen and oxygen atoms in total. The molecular formula is C19H16N4O2. The van der Waals surface area contributed by atoms with E-state index in [1.54, 1.807) is 17.8 Å². The molecule has 3 aromatic rings. The maximum Gasteiger partial charge on any atom is 0.224 e. The van der Waals surface area contributed by atoms with Gasteiger partial charge < -0.3 is 9.84 Å². The van der Waals surface area contributed by atoms with Crippen LogP contribution >= 0.6 is 0 Å². The Morgan fingerprint density at radius 2 is 1.64 bits per heavy atom. The first kappa shape index (κ1) is 15.1. The molecule has 124 valence electrons. The van der Waals surface area contributed by atoms with Crippen LogP contribution in [0.4, 0.5) is 0 Å². The van der Waals surface area contributed by atoms with E-state index in [9.17, 15) is 5.11 Å². The van der Waals surface area contributed by atoms with E-state index in [-0.39, 0.29) is 5.88 Å². The van der Waals surface area contributed by atoms with Gasteiger partial charge in [0, 0.05) is 6.08 Å². The lowest BCUT2D eigenvalue weighted by Crippen LogP contribution is -2.19. The van der Waals surface area contributed by atoms with E-state index in [0.29, 0.717) is 23.1 Å². The molecule has 1 aromatic heterocycles. The van der Waals surface area contributed by atoms with E-state index in [1.165, 1.54) is 0 Å². The van der Waals surface area contributed by atoms with Gasteiger partial charge in [-0.3, -0.25) is 4.57 Å². The molecule has 0 fully saturated rings. The minimum absolute atomic E-state index is 0.0239. The lowest BCUT2D eigenvalue weighted by Gasteiger charge is -2.11. The lowest BCUT2D eigenvalue weighted by molar-refractivity contribution is 0.405. The quantitative estimate of drug-likeness (QED) is 0.799. The normalized spacial score (nSPS) is 12.3. The molecule has 0 saturated carbocycles. The van der Waals surface area contributed by atoms with Crippen molar-refractivity contribution in [2.24, 2.45) is 9.98 Å². The van der Waals surface area contributed by atoms with Gasteiger partial charge in [-0.05, 0) is 31.2 Å². The summed E-state index contributed by atoms with van der Waals surface area (Å²) in [6.45, 7) is 1.83. The summed E-state index contributed by atoms with van der Waals surface area (Å²) in [5.74, 6) is 1.83. The Kier molecular flexibility index (Phi) is 3.57. The zero-order valence-electron chi connectivity index (χ0n) is 13.8. The average Bonchev–Trinajstić information content (AvgIpc) is 3.15.